The lowest BCUT2D eigenvalue weighted by molar-refractivity contribution is -0.153. The lowest BCUT2D eigenvalue weighted by Gasteiger charge is -2.31. The number of hydroxylamine groups is 1. The number of hydrogen-bond acceptors (Lipinski definition) is 4. The summed E-state index contributed by atoms with van der Waals surface area (Å²) in [6, 6.07) is 0. The van der Waals surface area contributed by atoms with Gasteiger partial charge in [-0.05, 0) is 19.8 Å². The molecular formula is C12H20N2O5. The monoisotopic (exact) mass is 272 g/mol. The standard InChI is InChI=1S/C12H20N2O5/c1-2-14(7-10(15)13-19)11(16)8-5-3-4-6-9(8)12(17)18/h8-9,19H,2-7H2,1H3,(H,13,15)(H,17,18)/t8-,9-/m1/s1. The molecule has 7 nitrogen and oxygen atoms in total. The highest BCUT2D eigenvalue weighted by Crippen LogP contribution is 2.31. The number of carboxylic acid groups (broad SMARTS) is 1. The molecule has 0 saturated heterocycles. The van der Waals surface area contributed by atoms with Gasteiger partial charge in [-0.15, -0.1) is 0 Å². The molecule has 19 heavy (non-hydrogen) atoms. The van der Waals surface area contributed by atoms with E-state index >= 15 is 0 Å². The van der Waals surface area contributed by atoms with Crippen LogP contribution in [0.2, 0.25) is 0 Å². The summed E-state index contributed by atoms with van der Waals surface area (Å²) < 4.78 is 0. The van der Waals surface area contributed by atoms with Crippen LogP contribution < -0.4 is 5.48 Å². The van der Waals surface area contributed by atoms with E-state index in [1.165, 1.54) is 10.4 Å². The molecule has 0 spiro atoms. The van der Waals surface area contributed by atoms with Crippen molar-refractivity contribution in [3.8, 4) is 0 Å². The summed E-state index contributed by atoms with van der Waals surface area (Å²) in [6.45, 7) is 1.75. The maximum atomic E-state index is 12.3. The highest BCUT2D eigenvalue weighted by atomic mass is 16.5. The Morgan fingerprint density at radius 2 is 1.79 bits per heavy atom. The molecule has 1 fully saturated rings. The molecule has 1 rings (SSSR count). The molecule has 0 unspecified atom stereocenters. The third kappa shape index (κ3) is 3.92. The minimum absolute atomic E-state index is 0.255. The van der Waals surface area contributed by atoms with Crippen LogP contribution in [0.4, 0.5) is 0 Å². The number of nitrogens with zero attached hydrogens (tertiary/aromatic N) is 1. The van der Waals surface area contributed by atoms with Crippen molar-refractivity contribution in [1.82, 2.24) is 10.4 Å². The van der Waals surface area contributed by atoms with Crippen molar-refractivity contribution >= 4 is 17.8 Å². The average molecular weight is 272 g/mol. The lowest BCUT2D eigenvalue weighted by Crippen LogP contribution is -2.46. The predicted octanol–water partition coefficient (Wildman–Crippen LogP) is 0.231. The maximum Gasteiger partial charge on any atom is 0.307 e. The summed E-state index contributed by atoms with van der Waals surface area (Å²) in [7, 11) is 0. The predicted molar refractivity (Wildman–Crippen MR) is 65.3 cm³/mol. The van der Waals surface area contributed by atoms with Crippen LogP contribution in [-0.4, -0.2) is 46.1 Å². The summed E-state index contributed by atoms with van der Waals surface area (Å²) in [5, 5.41) is 17.6. The second-order valence-electron chi connectivity index (χ2n) is 4.72. The van der Waals surface area contributed by atoms with Gasteiger partial charge in [0.05, 0.1) is 11.8 Å². The topological polar surface area (TPSA) is 107 Å². The van der Waals surface area contributed by atoms with Crippen molar-refractivity contribution < 1.29 is 24.7 Å². The molecule has 3 N–H and O–H groups in total. The quantitative estimate of drug-likeness (QED) is 0.490. The fourth-order valence-electron chi connectivity index (χ4n) is 2.51. The summed E-state index contributed by atoms with van der Waals surface area (Å²) in [5.41, 5.74) is 1.47. The Labute approximate surface area is 111 Å². The SMILES string of the molecule is CCN(CC(=O)NO)C(=O)[C@@H]1CCCC[C@H]1C(=O)O. The molecule has 7 heteroatoms. The molecule has 0 heterocycles. The van der Waals surface area contributed by atoms with Crippen LogP contribution in [0.1, 0.15) is 32.6 Å². The van der Waals surface area contributed by atoms with E-state index in [0.717, 1.165) is 12.8 Å². The molecule has 1 aliphatic carbocycles. The largest absolute Gasteiger partial charge is 0.481 e. The lowest BCUT2D eigenvalue weighted by atomic mass is 9.78. The van der Waals surface area contributed by atoms with Gasteiger partial charge in [0.1, 0.15) is 6.54 Å². The van der Waals surface area contributed by atoms with Gasteiger partial charge >= 0.3 is 5.97 Å². The Kier molecular flexibility index (Phi) is 5.75. The minimum Gasteiger partial charge on any atom is -0.481 e. The van der Waals surface area contributed by atoms with E-state index in [4.69, 9.17) is 10.3 Å². The van der Waals surface area contributed by atoms with E-state index in [1.54, 1.807) is 6.92 Å². The highest BCUT2D eigenvalue weighted by molar-refractivity contribution is 5.88. The molecule has 1 aliphatic rings. The molecule has 2 amide bonds. The van der Waals surface area contributed by atoms with Gasteiger partial charge in [-0.2, -0.15) is 0 Å². The van der Waals surface area contributed by atoms with Gasteiger partial charge in [-0.25, -0.2) is 5.48 Å². The number of likely N-dealkylation sites (N-methyl/N-ethyl adjacent to an activating group) is 1. The van der Waals surface area contributed by atoms with Gasteiger partial charge < -0.3 is 10.0 Å². The summed E-state index contributed by atoms with van der Waals surface area (Å²) >= 11 is 0. The molecule has 0 aromatic rings. The summed E-state index contributed by atoms with van der Waals surface area (Å²) in [4.78, 5) is 35.9. The molecule has 1 saturated carbocycles. The van der Waals surface area contributed by atoms with E-state index in [1.807, 2.05) is 0 Å². The first-order valence-corrected chi connectivity index (χ1v) is 6.45. The Balaban J connectivity index is 2.76. The highest BCUT2D eigenvalue weighted by Gasteiger charge is 2.37. The van der Waals surface area contributed by atoms with E-state index < -0.39 is 23.7 Å². The van der Waals surface area contributed by atoms with E-state index in [-0.39, 0.29) is 12.5 Å². The minimum atomic E-state index is -0.958. The van der Waals surface area contributed by atoms with Crippen molar-refractivity contribution in [3.63, 3.8) is 0 Å². The van der Waals surface area contributed by atoms with Crippen LogP contribution in [0.15, 0.2) is 0 Å². The molecular weight excluding hydrogens is 252 g/mol. The van der Waals surface area contributed by atoms with Crippen LogP contribution in [0.5, 0.6) is 0 Å². The van der Waals surface area contributed by atoms with E-state index in [2.05, 4.69) is 0 Å². The van der Waals surface area contributed by atoms with E-state index in [9.17, 15) is 14.4 Å². The van der Waals surface area contributed by atoms with Crippen LogP contribution in [0.25, 0.3) is 0 Å². The van der Waals surface area contributed by atoms with Gasteiger partial charge in [0, 0.05) is 6.54 Å². The van der Waals surface area contributed by atoms with Crippen molar-refractivity contribution in [2.24, 2.45) is 11.8 Å². The second-order valence-corrected chi connectivity index (χ2v) is 4.72. The molecule has 108 valence electrons. The van der Waals surface area contributed by atoms with Crippen LogP contribution in [0.3, 0.4) is 0 Å². The van der Waals surface area contributed by atoms with Crippen molar-refractivity contribution in [1.29, 1.82) is 0 Å². The molecule has 0 aromatic heterocycles. The Morgan fingerprint density at radius 3 is 2.26 bits per heavy atom. The summed E-state index contributed by atoms with van der Waals surface area (Å²) in [6.07, 6.45) is 2.66. The molecule has 0 aromatic carbocycles. The van der Waals surface area contributed by atoms with Crippen LogP contribution in [-0.2, 0) is 14.4 Å². The van der Waals surface area contributed by atoms with Crippen molar-refractivity contribution in [2.75, 3.05) is 13.1 Å². The molecule has 0 bridgehead atoms. The zero-order chi connectivity index (χ0) is 14.4. The fourth-order valence-corrected chi connectivity index (χ4v) is 2.51. The zero-order valence-corrected chi connectivity index (χ0v) is 11.0. The third-order valence-electron chi connectivity index (χ3n) is 3.55. The maximum absolute atomic E-state index is 12.3. The smallest absolute Gasteiger partial charge is 0.307 e. The number of aliphatic carboxylic acids is 1. The van der Waals surface area contributed by atoms with Crippen LogP contribution in [0, 0.1) is 11.8 Å². The number of amides is 2. The van der Waals surface area contributed by atoms with Crippen molar-refractivity contribution in [3.05, 3.63) is 0 Å². The Morgan fingerprint density at radius 1 is 1.21 bits per heavy atom. The van der Waals surface area contributed by atoms with Crippen molar-refractivity contribution in [2.45, 2.75) is 32.6 Å². The number of hydrogen-bond donors (Lipinski definition) is 3. The van der Waals surface area contributed by atoms with Gasteiger partial charge in [-0.1, -0.05) is 12.8 Å². The van der Waals surface area contributed by atoms with Crippen LogP contribution >= 0.6 is 0 Å². The Hall–Kier alpha value is -1.63. The fraction of sp³-hybridized carbons (Fsp3) is 0.750. The van der Waals surface area contributed by atoms with Gasteiger partial charge in [-0.3, -0.25) is 19.6 Å². The number of rotatable bonds is 5. The number of carbonyl (C=O) groups is 3. The summed E-state index contributed by atoms with van der Waals surface area (Å²) in [5.74, 6) is -3.21. The first-order valence-electron chi connectivity index (χ1n) is 6.45. The second kappa shape index (κ2) is 7.08. The third-order valence-corrected chi connectivity index (χ3v) is 3.55. The number of carboxylic acids is 1. The Bertz CT molecular complexity index is 358. The first kappa shape index (κ1) is 15.4. The van der Waals surface area contributed by atoms with E-state index in [0.29, 0.717) is 19.4 Å². The van der Waals surface area contributed by atoms with Gasteiger partial charge in [0.2, 0.25) is 5.91 Å². The van der Waals surface area contributed by atoms with Gasteiger partial charge in [0.25, 0.3) is 5.91 Å². The number of nitrogens with one attached hydrogen (secondary N) is 1. The number of carbonyl (C=O) groups excluding carboxylic acids is 2. The average Bonchev–Trinajstić information content (AvgIpc) is 2.43. The molecule has 0 radical (unpaired) electrons. The van der Waals surface area contributed by atoms with Gasteiger partial charge in [0.15, 0.2) is 0 Å². The zero-order valence-electron chi connectivity index (χ0n) is 11.0. The molecule has 0 aliphatic heterocycles. The first-order chi connectivity index (χ1) is 9.01. The normalized spacial score (nSPS) is 22.6. The molecule has 2 atom stereocenters.